The third-order valence-corrected chi connectivity index (χ3v) is 2.77. The highest BCUT2D eigenvalue weighted by molar-refractivity contribution is 7.81. The quantitative estimate of drug-likeness (QED) is 0.601. The summed E-state index contributed by atoms with van der Waals surface area (Å²) in [5, 5.41) is 0. The number of imide groups is 1. The van der Waals surface area contributed by atoms with Crippen LogP contribution in [-0.4, -0.2) is 25.1 Å². The van der Waals surface area contributed by atoms with Crippen molar-refractivity contribution in [3.63, 3.8) is 0 Å². The number of halogens is 1. The van der Waals surface area contributed by atoms with Gasteiger partial charge in [0.1, 0.15) is 5.75 Å². The first-order chi connectivity index (χ1) is 8.87. The van der Waals surface area contributed by atoms with E-state index in [0.29, 0.717) is 0 Å². The molecule has 0 N–H and O–H groups in total. The third-order valence-electron chi connectivity index (χ3n) is 2.39. The molecule has 1 aliphatic rings. The van der Waals surface area contributed by atoms with Gasteiger partial charge >= 0.3 is 10.5 Å². The minimum atomic E-state index is -5.16. The Morgan fingerprint density at radius 1 is 1.11 bits per heavy atom. The summed E-state index contributed by atoms with van der Waals surface area (Å²) in [6.07, 6.45) is 2.19. The van der Waals surface area contributed by atoms with Crippen molar-refractivity contribution in [1.82, 2.24) is 4.90 Å². The summed E-state index contributed by atoms with van der Waals surface area (Å²) < 4.78 is 37.6. The van der Waals surface area contributed by atoms with Crippen molar-refractivity contribution in [2.45, 2.75) is 6.54 Å². The van der Waals surface area contributed by atoms with Crippen LogP contribution in [0.5, 0.6) is 5.75 Å². The Balaban J connectivity index is 2.26. The highest BCUT2D eigenvalue weighted by atomic mass is 32.3. The fourth-order valence-electron chi connectivity index (χ4n) is 1.58. The maximum atomic E-state index is 12.5. The Morgan fingerprint density at radius 3 is 2.26 bits per heavy atom. The zero-order chi connectivity index (χ0) is 14.0. The van der Waals surface area contributed by atoms with E-state index in [1.807, 2.05) is 0 Å². The zero-order valence-corrected chi connectivity index (χ0v) is 10.3. The van der Waals surface area contributed by atoms with Crippen LogP contribution in [0.15, 0.2) is 36.4 Å². The lowest BCUT2D eigenvalue weighted by Gasteiger charge is -2.15. The molecule has 1 aromatic carbocycles. The van der Waals surface area contributed by atoms with Crippen molar-refractivity contribution < 1.29 is 26.1 Å². The van der Waals surface area contributed by atoms with Gasteiger partial charge < -0.3 is 4.18 Å². The van der Waals surface area contributed by atoms with Gasteiger partial charge in [-0.2, -0.15) is 8.42 Å². The number of rotatable bonds is 4. The van der Waals surface area contributed by atoms with Crippen molar-refractivity contribution in [1.29, 1.82) is 0 Å². The molecule has 0 radical (unpaired) electrons. The van der Waals surface area contributed by atoms with Crippen LogP contribution in [-0.2, 0) is 26.6 Å². The molecule has 19 heavy (non-hydrogen) atoms. The molecule has 0 aliphatic carbocycles. The first-order valence-corrected chi connectivity index (χ1v) is 6.43. The Hall–Kier alpha value is -2.22. The van der Waals surface area contributed by atoms with Gasteiger partial charge in [0, 0.05) is 17.7 Å². The van der Waals surface area contributed by atoms with Gasteiger partial charge in [-0.15, -0.1) is 0 Å². The zero-order valence-electron chi connectivity index (χ0n) is 9.45. The maximum absolute atomic E-state index is 12.5. The molecule has 8 heteroatoms. The predicted octanol–water partition coefficient (Wildman–Crippen LogP) is 0.705. The van der Waals surface area contributed by atoms with Crippen molar-refractivity contribution >= 4 is 22.3 Å². The van der Waals surface area contributed by atoms with E-state index in [2.05, 4.69) is 4.18 Å². The second-order valence-electron chi connectivity index (χ2n) is 3.68. The lowest BCUT2D eigenvalue weighted by atomic mass is 10.2. The average molecular weight is 285 g/mol. The van der Waals surface area contributed by atoms with Crippen LogP contribution in [0.1, 0.15) is 5.56 Å². The SMILES string of the molecule is O=C1C=CC(=O)N1Cc1ccccc1OS(=O)(=O)F. The summed E-state index contributed by atoms with van der Waals surface area (Å²) >= 11 is 0. The summed E-state index contributed by atoms with van der Waals surface area (Å²) in [6.45, 7) is -0.198. The third kappa shape index (κ3) is 3.16. The Kier molecular flexibility index (Phi) is 3.34. The Bertz CT molecular complexity index is 649. The minimum Gasteiger partial charge on any atom is -0.358 e. The smallest absolute Gasteiger partial charge is 0.358 e. The summed E-state index contributed by atoms with van der Waals surface area (Å²) in [4.78, 5) is 23.6. The molecule has 6 nitrogen and oxygen atoms in total. The monoisotopic (exact) mass is 285 g/mol. The van der Waals surface area contributed by atoms with Crippen LogP contribution in [0.25, 0.3) is 0 Å². The largest absolute Gasteiger partial charge is 0.488 e. The number of amides is 2. The van der Waals surface area contributed by atoms with Gasteiger partial charge in [-0.25, -0.2) is 0 Å². The first kappa shape index (κ1) is 13.2. The Labute approximate surface area is 108 Å². The van der Waals surface area contributed by atoms with Gasteiger partial charge in [0.05, 0.1) is 6.54 Å². The number of carbonyl (C=O) groups excluding carboxylic acids is 2. The van der Waals surface area contributed by atoms with Gasteiger partial charge in [-0.1, -0.05) is 22.1 Å². The molecule has 0 fully saturated rings. The second-order valence-corrected chi connectivity index (χ2v) is 4.63. The summed E-state index contributed by atoms with van der Waals surface area (Å²) in [5.74, 6) is -1.32. The number of hydrogen-bond acceptors (Lipinski definition) is 5. The standard InChI is InChI=1S/C11H8FNO5S/c12-19(16,17)18-9-4-2-1-3-8(9)7-13-10(14)5-6-11(13)15/h1-6H,7H2. The number of para-hydroxylation sites is 1. The van der Waals surface area contributed by atoms with Gasteiger partial charge in [0.25, 0.3) is 11.8 Å². The van der Waals surface area contributed by atoms with Crippen molar-refractivity contribution in [2.24, 2.45) is 0 Å². The molecule has 0 unspecified atom stereocenters. The van der Waals surface area contributed by atoms with E-state index < -0.39 is 22.3 Å². The Morgan fingerprint density at radius 2 is 1.68 bits per heavy atom. The molecular weight excluding hydrogens is 277 g/mol. The topological polar surface area (TPSA) is 80.8 Å². The molecule has 0 bridgehead atoms. The molecule has 0 saturated carbocycles. The van der Waals surface area contributed by atoms with E-state index in [4.69, 9.17) is 0 Å². The molecule has 100 valence electrons. The second kappa shape index (κ2) is 4.81. The molecular formula is C11H8FNO5S. The minimum absolute atomic E-state index is 0.198. The number of carbonyl (C=O) groups is 2. The van der Waals surface area contributed by atoms with Crippen molar-refractivity contribution in [3.05, 3.63) is 42.0 Å². The van der Waals surface area contributed by atoms with Gasteiger partial charge in [0.2, 0.25) is 0 Å². The fourth-order valence-corrected chi connectivity index (χ4v) is 1.96. The van der Waals surface area contributed by atoms with Crippen LogP contribution >= 0.6 is 0 Å². The molecule has 2 amide bonds. The summed E-state index contributed by atoms with van der Waals surface area (Å²) in [5.41, 5.74) is 0.203. The molecule has 2 rings (SSSR count). The van der Waals surface area contributed by atoms with Crippen LogP contribution in [0, 0.1) is 0 Å². The predicted molar refractivity (Wildman–Crippen MR) is 61.8 cm³/mol. The van der Waals surface area contributed by atoms with Gasteiger partial charge in [-0.3, -0.25) is 14.5 Å². The fraction of sp³-hybridized carbons (Fsp3) is 0.0909. The summed E-state index contributed by atoms with van der Waals surface area (Å²) in [7, 11) is -5.16. The van der Waals surface area contributed by atoms with E-state index in [0.717, 1.165) is 17.1 Å². The number of nitrogens with zero attached hydrogens (tertiary/aromatic N) is 1. The normalized spacial score (nSPS) is 15.1. The molecule has 0 atom stereocenters. The van der Waals surface area contributed by atoms with Gasteiger partial charge in [-0.05, 0) is 6.07 Å². The van der Waals surface area contributed by atoms with Gasteiger partial charge in [0.15, 0.2) is 0 Å². The first-order valence-electron chi connectivity index (χ1n) is 5.12. The van der Waals surface area contributed by atoms with E-state index in [-0.39, 0.29) is 17.9 Å². The average Bonchev–Trinajstić information content (AvgIpc) is 2.61. The van der Waals surface area contributed by atoms with Crippen molar-refractivity contribution in [2.75, 3.05) is 0 Å². The van der Waals surface area contributed by atoms with Crippen LogP contribution in [0.2, 0.25) is 0 Å². The maximum Gasteiger partial charge on any atom is 0.488 e. The van der Waals surface area contributed by atoms with E-state index in [1.54, 1.807) is 6.07 Å². The lowest BCUT2D eigenvalue weighted by molar-refractivity contribution is -0.137. The van der Waals surface area contributed by atoms with E-state index in [9.17, 15) is 21.9 Å². The van der Waals surface area contributed by atoms with E-state index >= 15 is 0 Å². The molecule has 0 saturated heterocycles. The summed E-state index contributed by atoms with van der Waals surface area (Å²) in [6, 6.07) is 5.64. The highest BCUT2D eigenvalue weighted by Gasteiger charge is 2.25. The van der Waals surface area contributed by atoms with Crippen LogP contribution in [0.4, 0.5) is 3.89 Å². The highest BCUT2D eigenvalue weighted by Crippen LogP contribution is 2.23. The van der Waals surface area contributed by atoms with Crippen molar-refractivity contribution in [3.8, 4) is 5.75 Å². The lowest BCUT2D eigenvalue weighted by Crippen LogP contribution is -2.29. The van der Waals surface area contributed by atoms with E-state index in [1.165, 1.54) is 18.2 Å². The molecule has 0 aromatic heterocycles. The molecule has 0 spiro atoms. The number of benzene rings is 1. The van der Waals surface area contributed by atoms with Crippen LogP contribution < -0.4 is 4.18 Å². The number of hydrogen-bond donors (Lipinski definition) is 0. The molecule has 1 heterocycles. The molecule has 1 aromatic rings. The van der Waals surface area contributed by atoms with Crippen LogP contribution in [0.3, 0.4) is 0 Å². The molecule has 1 aliphatic heterocycles.